The maximum absolute atomic E-state index is 12.7. The summed E-state index contributed by atoms with van der Waals surface area (Å²) >= 11 is 0.749. The molecule has 3 aromatic carbocycles. The molecule has 1 heterocycles. The maximum Gasteiger partial charge on any atom is 0.294 e. The predicted octanol–water partition coefficient (Wildman–Crippen LogP) is 4.23. The number of carbonyl (C=O) groups excluding carboxylic acids is 3. The summed E-state index contributed by atoms with van der Waals surface area (Å²) in [6.45, 7) is -0.390. The van der Waals surface area contributed by atoms with Crippen molar-refractivity contribution in [2.45, 2.75) is 0 Å². The standard InChI is InChI=1S/C23H18N2O5S/c1-30-19-10-9-14(11-18(19)26)12-20-22(28)25(23(29)31-20)13-21(27)24-17-8-4-6-15-5-2-3-7-16(15)17/h2-12,26H,13H2,1H3,(H,24,27)/b20-12-. The van der Waals surface area contributed by atoms with E-state index in [1.54, 1.807) is 18.2 Å². The van der Waals surface area contributed by atoms with Gasteiger partial charge in [-0.25, -0.2) is 0 Å². The number of phenolic OH excluding ortho intramolecular Hbond substituents is 1. The quantitative estimate of drug-likeness (QED) is 0.584. The van der Waals surface area contributed by atoms with Gasteiger partial charge in [0.05, 0.1) is 12.0 Å². The first-order chi connectivity index (χ1) is 15.0. The number of methoxy groups -OCH3 is 1. The molecule has 7 nitrogen and oxygen atoms in total. The van der Waals surface area contributed by atoms with Crippen LogP contribution in [0.5, 0.6) is 11.5 Å². The summed E-state index contributed by atoms with van der Waals surface area (Å²) in [5.41, 5.74) is 1.14. The number of hydrogen-bond donors (Lipinski definition) is 2. The average Bonchev–Trinajstić information content (AvgIpc) is 3.01. The van der Waals surface area contributed by atoms with Crippen molar-refractivity contribution in [2.75, 3.05) is 19.0 Å². The van der Waals surface area contributed by atoms with E-state index in [1.165, 1.54) is 19.3 Å². The number of imide groups is 1. The molecule has 8 heteroatoms. The minimum absolute atomic E-state index is 0.0788. The van der Waals surface area contributed by atoms with Crippen LogP contribution in [0.3, 0.4) is 0 Å². The van der Waals surface area contributed by atoms with E-state index in [4.69, 9.17) is 4.74 Å². The molecule has 0 unspecified atom stereocenters. The molecule has 31 heavy (non-hydrogen) atoms. The number of fused-ring (bicyclic) bond motifs is 1. The number of aromatic hydroxyl groups is 1. The van der Waals surface area contributed by atoms with Gasteiger partial charge < -0.3 is 15.2 Å². The molecule has 0 saturated carbocycles. The summed E-state index contributed by atoms with van der Waals surface area (Å²) in [5, 5.41) is 14.0. The van der Waals surface area contributed by atoms with Crippen molar-refractivity contribution < 1.29 is 24.2 Å². The Morgan fingerprint density at radius 1 is 1.13 bits per heavy atom. The van der Waals surface area contributed by atoms with Crippen molar-refractivity contribution in [3.63, 3.8) is 0 Å². The lowest BCUT2D eigenvalue weighted by atomic mass is 10.1. The van der Waals surface area contributed by atoms with Crippen LogP contribution in [0.15, 0.2) is 65.6 Å². The van der Waals surface area contributed by atoms with Crippen LogP contribution in [0.25, 0.3) is 16.8 Å². The minimum Gasteiger partial charge on any atom is -0.504 e. The first-order valence-electron chi connectivity index (χ1n) is 9.36. The Morgan fingerprint density at radius 3 is 2.68 bits per heavy atom. The Bertz CT molecular complexity index is 1230. The van der Waals surface area contributed by atoms with E-state index in [2.05, 4.69) is 5.32 Å². The highest BCUT2D eigenvalue weighted by molar-refractivity contribution is 8.18. The smallest absolute Gasteiger partial charge is 0.294 e. The van der Waals surface area contributed by atoms with Crippen LogP contribution in [0.4, 0.5) is 10.5 Å². The van der Waals surface area contributed by atoms with E-state index < -0.39 is 17.1 Å². The SMILES string of the molecule is COc1ccc(/C=C2\SC(=O)N(CC(=O)Nc3cccc4ccccc34)C2=O)cc1O. The Labute approximate surface area is 182 Å². The van der Waals surface area contributed by atoms with Gasteiger partial charge in [-0.05, 0) is 47.0 Å². The molecule has 0 aliphatic carbocycles. The molecule has 0 spiro atoms. The second kappa shape index (κ2) is 8.53. The van der Waals surface area contributed by atoms with Gasteiger partial charge in [0.1, 0.15) is 6.54 Å². The molecule has 0 atom stereocenters. The molecule has 1 aliphatic rings. The van der Waals surface area contributed by atoms with Gasteiger partial charge in [-0.2, -0.15) is 0 Å². The molecular weight excluding hydrogens is 416 g/mol. The Morgan fingerprint density at radius 2 is 1.90 bits per heavy atom. The fourth-order valence-electron chi connectivity index (χ4n) is 3.25. The fraction of sp³-hybridized carbons (Fsp3) is 0.0870. The molecule has 3 aromatic rings. The number of nitrogens with zero attached hydrogens (tertiary/aromatic N) is 1. The Balaban J connectivity index is 1.49. The van der Waals surface area contributed by atoms with Gasteiger partial charge in [-0.15, -0.1) is 0 Å². The third kappa shape index (κ3) is 4.24. The van der Waals surface area contributed by atoms with Crippen LogP contribution in [-0.2, 0) is 9.59 Å². The number of carbonyl (C=O) groups is 3. The highest BCUT2D eigenvalue weighted by Gasteiger charge is 2.36. The van der Waals surface area contributed by atoms with Gasteiger partial charge in [0.2, 0.25) is 5.91 Å². The van der Waals surface area contributed by atoms with Gasteiger partial charge in [0.15, 0.2) is 11.5 Å². The zero-order chi connectivity index (χ0) is 22.0. The Kier molecular flexibility index (Phi) is 5.64. The molecule has 1 fully saturated rings. The van der Waals surface area contributed by atoms with E-state index in [-0.39, 0.29) is 17.2 Å². The highest BCUT2D eigenvalue weighted by atomic mass is 32.2. The number of anilines is 1. The minimum atomic E-state index is -0.557. The molecule has 1 saturated heterocycles. The summed E-state index contributed by atoms with van der Waals surface area (Å²) in [5.74, 6) is -0.805. The monoisotopic (exact) mass is 434 g/mol. The number of rotatable bonds is 5. The second-order valence-corrected chi connectivity index (χ2v) is 7.77. The third-order valence-electron chi connectivity index (χ3n) is 4.74. The summed E-state index contributed by atoms with van der Waals surface area (Å²) < 4.78 is 4.99. The van der Waals surface area contributed by atoms with E-state index in [0.717, 1.165) is 27.4 Å². The molecule has 0 radical (unpaired) electrons. The van der Waals surface area contributed by atoms with Gasteiger partial charge >= 0.3 is 0 Å². The molecule has 1 aliphatic heterocycles. The zero-order valence-corrected chi connectivity index (χ0v) is 17.3. The summed E-state index contributed by atoms with van der Waals surface area (Å²) in [7, 11) is 1.43. The van der Waals surface area contributed by atoms with Crippen LogP contribution < -0.4 is 10.1 Å². The molecule has 3 amide bonds. The van der Waals surface area contributed by atoms with Crippen LogP contribution in [-0.4, -0.2) is 40.7 Å². The van der Waals surface area contributed by atoms with E-state index >= 15 is 0 Å². The van der Waals surface area contributed by atoms with Gasteiger partial charge in [-0.1, -0.05) is 42.5 Å². The Hall–Kier alpha value is -3.78. The highest BCUT2D eigenvalue weighted by Crippen LogP contribution is 2.34. The second-order valence-electron chi connectivity index (χ2n) is 6.77. The number of thioether (sulfide) groups is 1. The van der Waals surface area contributed by atoms with Crippen LogP contribution in [0.1, 0.15) is 5.56 Å². The zero-order valence-electron chi connectivity index (χ0n) is 16.5. The van der Waals surface area contributed by atoms with Crippen molar-refractivity contribution in [3.8, 4) is 11.5 Å². The lowest BCUT2D eigenvalue weighted by Crippen LogP contribution is -2.36. The van der Waals surface area contributed by atoms with E-state index in [0.29, 0.717) is 17.0 Å². The van der Waals surface area contributed by atoms with Crippen molar-refractivity contribution in [1.82, 2.24) is 4.90 Å². The molecule has 4 rings (SSSR count). The molecule has 0 bridgehead atoms. The van der Waals surface area contributed by atoms with Gasteiger partial charge in [-0.3, -0.25) is 19.3 Å². The van der Waals surface area contributed by atoms with Crippen molar-refractivity contribution in [1.29, 1.82) is 0 Å². The summed E-state index contributed by atoms with van der Waals surface area (Å²) in [6.07, 6.45) is 1.49. The molecule has 0 aromatic heterocycles. The largest absolute Gasteiger partial charge is 0.504 e. The van der Waals surface area contributed by atoms with Gasteiger partial charge in [0.25, 0.3) is 11.1 Å². The fourth-order valence-corrected chi connectivity index (χ4v) is 4.09. The number of amides is 3. The predicted molar refractivity (Wildman–Crippen MR) is 120 cm³/mol. The summed E-state index contributed by atoms with van der Waals surface area (Å²) in [4.78, 5) is 38.6. The van der Waals surface area contributed by atoms with Crippen molar-refractivity contribution in [3.05, 3.63) is 71.1 Å². The first-order valence-corrected chi connectivity index (χ1v) is 10.2. The first kappa shape index (κ1) is 20.5. The third-order valence-corrected chi connectivity index (χ3v) is 5.65. The number of phenols is 1. The molecule has 2 N–H and O–H groups in total. The average molecular weight is 434 g/mol. The van der Waals surface area contributed by atoms with Crippen LogP contribution >= 0.6 is 11.8 Å². The van der Waals surface area contributed by atoms with Crippen molar-refractivity contribution >= 4 is 51.4 Å². The maximum atomic E-state index is 12.7. The topological polar surface area (TPSA) is 95.9 Å². The van der Waals surface area contributed by atoms with Gasteiger partial charge in [0, 0.05) is 11.1 Å². The normalized spacial score (nSPS) is 15.0. The lowest BCUT2D eigenvalue weighted by Gasteiger charge is -2.13. The van der Waals surface area contributed by atoms with Crippen LogP contribution in [0.2, 0.25) is 0 Å². The lowest BCUT2D eigenvalue weighted by molar-refractivity contribution is -0.127. The van der Waals surface area contributed by atoms with E-state index in [1.807, 2.05) is 36.4 Å². The van der Waals surface area contributed by atoms with E-state index in [9.17, 15) is 19.5 Å². The van der Waals surface area contributed by atoms with Crippen molar-refractivity contribution in [2.24, 2.45) is 0 Å². The molecular formula is C23H18N2O5S. The van der Waals surface area contributed by atoms with Crippen LogP contribution in [0, 0.1) is 0 Å². The number of nitrogens with one attached hydrogen (secondary N) is 1. The number of ether oxygens (including phenoxy) is 1. The number of hydrogen-bond acceptors (Lipinski definition) is 6. The molecule has 156 valence electrons. The summed E-state index contributed by atoms with van der Waals surface area (Å²) in [6, 6.07) is 17.8. The number of benzene rings is 3.